The van der Waals surface area contributed by atoms with Gasteiger partial charge in [0.05, 0.1) is 0 Å². The summed E-state index contributed by atoms with van der Waals surface area (Å²) in [4.78, 5) is 0. The highest BCUT2D eigenvalue weighted by atomic mass is 28.4. The van der Waals surface area contributed by atoms with Gasteiger partial charge in [0.1, 0.15) is 0 Å². The van der Waals surface area contributed by atoms with E-state index in [1.165, 1.54) is 0 Å². The van der Waals surface area contributed by atoms with E-state index in [4.69, 9.17) is 13.3 Å². The molecule has 0 aliphatic carbocycles. The van der Waals surface area contributed by atoms with Crippen molar-refractivity contribution in [1.82, 2.24) is 0 Å². The quantitative estimate of drug-likeness (QED) is 0.220. The molecule has 8 heteroatoms. The Bertz CT molecular complexity index is 521. The lowest BCUT2D eigenvalue weighted by atomic mass is 10.1. The molecule has 0 heterocycles. The minimum absolute atomic E-state index is 0.0662. The second kappa shape index (κ2) is 10.9. The van der Waals surface area contributed by atoms with Gasteiger partial charge in [-0.1, -0.05) is 20.8 Å². The van der Waals surface area contributed by atoms with Crippen molar-refractivity contribution in [2.75, 3.05) is 19.8 Å². The van der Waals surface area contributed by atoms with E-state index in [-0.39, 0.29) is 18.0 Å². The number of rotatable bonds is 12. The average molecular weight is 382 g/mol. The molecular formula is C17H26F4O3Si. The molecule has 0 aromatic heterocycles. The van der Waals surface area contributed by atoms with Gasteiger partial charge in [-0.25, -0.2) is 17.6 Å². The van der Waals surface area contributed by atoms with Crippen LogP contribution in [0.25, 0.3) is 0 Å². The van der Waals surface area contributed by atoms with E-state index >= 15 is 0 Å². The molecule has 0 spiro atoms. The van der Waals surface area contributed by atoms with Crippen molar-refractivity contribution in [3.05, 3.63) is 34.9 Å². The number of hydrogen-bond acceptors (Lipinski definition) is 3. The third-order valence-electron chi connectivity index (χ3n) is 3.46. The third kappa shape index (κ3) is 6.36. The Morgan fingerprint density at radius 3 is 1.68 bits per heavy atom. The highest BCUT2D eigenvalue weighted by Gasteiger charge is 2.41. The first-order valence-corrected chi connectivity index (χ1v) is 10.6. The number of halogens is 4. The molecule has 0 saturated carbocycles. The second-order valence-corrected chi connectivity index (χ2v) is 8.42. The largest absolute Gasteiger partial charge is 0.501 e. The summed E-state index contributed by atoms with van der Waals surface area (Å²) >= 11 is 0. The second-order valence-electron chi connectivity index (χ2n) is 5.69. The Morgan fingerprint density at radius 2 is 1.24 bits per heavy atom. The van der Waals surface area contributed by atoms with E-state index in [9.17, 15) is 17.6 Å². The molecule has 0 amide bonds. The normalized spacial score (nSPS) is 12.0. The fourth-order valence-corrected chi connectivity index (χ4v) is 5.01. The Labute approximate surface area is 147 Å². The molecule has 1 aromatic rings. The van der Waals surface area contributed by atoms with Crippen molar-refractivity contribution < 1.29 is 30.8 Å². The molecule has 0 aliphatic rings. The van der Waals surface area contributed by atoms with E-state index in [0.29, 0.717) is 25.9 Å². The summed E-state index contributed by atoms with van der Waals surface area (Å²) in [5.74, 6) is -6.42. The monoisotopic (exact) mass is 382 g/mol. The molecule has 3 nitrogen and oxygen atoms in total. The lowest BCUT2D eigenvalue weighted by molar-refractivity contribution is 0.0592. The van der Waals surface area contributed by atoms with Gasteiger partial charge in [0.15, 0.2) is 23.3 Å². The van der Waals surface area contributed by atoms with Gasteiger partial charge < -0.3 is 13.3 Å². The van der Waals surface area contributed by atoms with Crippen molar-refractivity contribution in [2.24, 2.45) is 0 Å². The van der Waals surface area contributed by atoms with Crippen LogP contribution in [0.5, 0.6) is 0 Å². The average Bonchev–Trinajstić information content (AvgIpc) is 2.62. The van der Waals surface area contributed by atoms with Gasteiger partial charge in [-0.3, -0.25) is 0 Å². The summed E-state index contributed by atoms with van der Waals surface area (Å²) in [5.41, 5.74) is -0.256. The molecule has 25 heavy (non-hydrogen) atoms. The molecule has 0 atom stereocenters. The first kappa shape index (κ1) is 22.1. The lowest BCUT2D eigenvalue weighted by Gasteiger charge is -2.29. The van der Waals surface area contributed by atoms with E-state index in [2.05, 4.69) is 0 Å². The van der Waals surface area contributed by atoms with Crippen LogP contribution in [0.15, 0.2) is 6.07 Å². The molecule has 0 aliphatic heterocycles. The van der Waals surface area contributed by atoms with Crippen LogP contribution >= 0.6 is 0 Å². The highest BCUT2D eigenvalue weighted by molar-refractivity contribution is 6.60. The number of hydrogen-bond donors (Lipinski definition) is 0. The van der Waals surface area contributed by atoms with Crippen LogP contribution < -0.4 is 0 Å². The summed E-state index contributed by atoms with van der Waals surface area (Å²) in [6, 6.07) is 0.834. The maximum atomic E-state index is 13.9. The van der Waals surface area contributed by atoms with E-state index < -0.39 is 32.1 Å². The fourth-order valence-electron chi connectivity index (χ4n) is 2.21. The van der Waals surface area contributed by atoms with E-state index in [1.807, 2.05) is 20.8 Å². The molecule has 0 fully saturated rings. The van der Waals surface area contributed by atoms with Crippen LogP contribution in [0.2, 0.25) is 6.04 Å². The van der Waals surface area contributed by atoms with Crippen LogP contribution in [-0.2, 0) is 19.7 Å². The van der Waals surface area contributed by atoms with Gasteiger partial charge in [0.2, 0.25) is 0 Å². The zero-order valence-electron chi connectivity index (χ0n) is 15.0. The van der Waals surface area contributed by atoms with Gasteiger partial charge in [0, 0.05) is 25.9 Å². The lowest BCUT2D eigenvalue weighted by Crippen LogP contribution is -2.47. The first-order valence-electron chi connectivity index (χ1n) is 8.64. The SMILES string of the molecule is CCCO[Si](CCc1cc(F)c(F)c(F)c1F)(OCCC)OCCC. The molecular weight excluding hydrogens is 356 g/mol. The van der Waals surface area contributed by atoms with Crippen molar-refractivity contribution >= 4 is 8.80 Å². The van der Waals surface area contributed by atoms with E-state index in [0.717, 1.165) is 19.3 Å². The zero-order chi connectivity index (χ0) is 18.9. The van der Waals surface area contributed by atoms with Crippen LogP contribution in [0.1, 0.15) is 45.6 Å². The minimum atomic E-state index is -3.12. The van der Waals surface area contributed by atoms with Gasteiger partial charge in [-0.15, -0.1) is 0 Å². The molecule has 144 valence electrons. The van der Waals surface area contributed by atoms with Crippen LogP contribution in [0.4, 0.5) is 17.6 Å². The summed E-state index contributed by atoms with van der Waals surface area (Å²) in [6.45, 7) is 7.03. The molecule has 1 aromatic carbocycles. The van der Waals surface area contributed by atoms with Crippen molar-refractivity contribution in [3.63, 3.8) is 0 Å². The maximum Gasteiger partial charge on any atom is 0.501 e. The summed E-state index contributed by atoms with van der Waals surface area (Å²) in [5, 5.41) is 0. The predicted octanol–water partition coefficient (Wildman–Crippen LogP) is 5.00. The molecule has 1 rings (SSSR count). The maximum absolute atomic E-state index is 13.9. The molecule has 0 N–H and O–H groups in total. The topological polar surface area (TPSA) is 27.7 Å². The van der Waals surface area contributed by atoms with Crippen LogP contribution in [0.3, 0.4) is 0 Å². The molecule has 0 radical (unpaired) electrons. The van der Waals surface area contributed by atoms with Crippen LogP contribution in [0, 0.1) is 23.3 Å². The Kier molecular flexibility index (Phi) is 9.63. The molecule has 0 bridgehead atoms. The standard InChI is InChI=1S/C17H26F4O3Si/c1-4-8-22-25(23-9-5-2,24-10-6-3)11-7-13-12-14(18)16(20)17(21)15(13)19/h12H,4-11H2,1-3H3. The zero-order valence-corrected chi connectivity index (χ0v) is 16.0. The third-order valence-corrected chi connectivity index (χ3v) is 6.25. The van der Waals surface area contributed by atoms with E-state index in [1.54, 1.807) is 0 Å². The fraction of sp³-hybridized carbons (Fsp3) is 0.647. The van der Waals surface area contributed by atoms with Crippen molar-refractivity contribution in [1.29, 1.82) is 0 Å². The summed E-state index contributed by atoms with van der Waals surface area (Å²) in [6.07, 6.45) is 2.17. The van der Waals surface area contributed by atoms with Gasteiger partial charge >= 0.3 is 8.80 Å². The molecule has 0 unspecified atom stereocenters. The number of aryl methyl sites for hydroxylation is 1. The summed E-state index contributed by atoms with van der Waals surface area (Å²) < 4.78 is 71.3. The highest BCUT2D eigenvalue weighted by Crippen LogP contribution is 2.24. The van der Waals surface area contributed by atoms with Crippen LogP contribution in [-0.4, -0.2) is 28.6 Å². The summed E-state index contributed by atoms with van der Waals surface area (Å²) in [7, 11) is -3.12. The van der Waals surface area contributed by atoms with Gasteiger partial charge in [0.25, 0.3) is 0 Å². The molecule has 0 saturated heterocycles. The smallest absolute Gasteiger partial charge is 0.373 e. The Balaban J connectivity index is 2.99. The Morgan fingerprint density at radius 1 is 0.760 bits per heavy atom. The van der Waals surface area contributed by atoms with Crippen molar-refractivity contribution in [2.45, 2.75) is 52.5 Å². The number of benzene rings is 1. The van der Waals surface area contributed by atoms with Gasteiger partial charge in [-0.05, 0) is 37.3 Å². The van der Waals surface area contributed by atoms with Gasteiger partial charge in [-0.2, -0.15) is 0 Å². The predicted molar refractivity (Wildman–Crippen MR) is 89.3 cm³/mol. The first-order chi connectivity index (χ1) is 11.9. The Hall–Kier alpha value is -0.963. The van der Waals surface area contributed by atoms with Crippen molar-refractivity contribution in [3.8, 4) is 0 Å². The minimum Gasteiger partial charge on any atom is -0.373 e.